The third kappa shape index (κ3) is 3.68. The summed E-state index contributed by atoms with van der Waals surface area (Å²) in [7, 11) is 0. The Hall–Kier alpha value is -3.38. The molecular formula is C21H16ClN3O3. The molecule has 7 heteroatoms. The van der Waals surface area contributed by atoms with Gasteiger partial charge in [-0.3, -0.25) is 9.78 Å². The molecular weight excluding hydrogens is 378 g/mol. The smallest absolute Gasteiger partial charge is 0.255 e. The molecule has 0 atom stereocenters. The number of hydrogen-bond acceptors (Lipinski definition) is 5. The summed E-state index contributed by atoms with van der Waals surface area (Å²) in [6.07, 6.45) is 3.37. The molecule has 4 rings (SSSR count). The van der Waals surface area contributed by atoms with Crippen molar-refractivity contribution in [2.75, 3.05) is 11.9 Å². The lowest BCUT2D eigenvalue weighted by atomic mass is 10.2. The Labute approximate surface area is 166 Å². The Bertz CT molecular complexity index is 1140. The highest BCUT2D eigenvalue weighted by Crippen LogP contribution is 2.27. The summed E-state index contributed by atoms with van der Waals surface area (Å²) < 4.78 is 11.1. The first kappa shape index (κ1) is 18.0. The fourth-order valence-electron chi connectivity index (χ4n) is 2.74. The van der Waals surface area contributed by atoms with Gasteiger partial charge in [0.25, 0.3) is 5.91 Å². The number of nitrogens with one attached hydrogen (secondary N) is 1. The summed E-state index contributed by atoms with van der Waals surface area (Å²) in [5.41, 5.74) is 3.09. The predicted octanol–water partition coefficient (Wildman–Crippen LogP) is 5.19. The first-order valence-corrected chi connectivity index (χ1v) is 9.06. The normalized spacial score (nSPS) is 10.8. The lowest BCUT2D eigenvalue weighted by Gasteiger charge is -2.08. The van der Waals surface area contributed by atoms with E-state index in [-0.39, 0.29) is 5.91 Å². The fraction of sp³-hybridized carbons (Fsp3) is 0.0952. The lowest BCUT2D eigenvalue weighted by Crippen LogP contribution is -2.11. The number of carbonyl (C=O) groups is 1. The van der Waals surface area contributed by atoms with Crippen molar-refractivity contribution in [2.24, 2.45) is 0 Å². The van der Waals surface area contributed by atoms with Crippen LogP contribution in [0.5, 0.6) is 5.75 Å². The molecule has 0 spiro atoms. The van der Waals surface area contributed by atoms with Gasteiger partial charge in [0, 0.05) is 23.6 Å². The van der Waals surface area contributed by atoms with Gasteiger partial charge in [-0.25, -0.2) is 4.98 Å². The SMILES string of the molecule is CCOc1ccc(C(=O)Nc2ccc3oc(-c4cccnc4)nc3c2)cc1Cl. The number of nitrogens with zero attached hydrogens (tertiary/aromatic N) is 2. The van der Waals surface area contributed by atoms with Gasteiger partial charge in [-0.1, -0.05) is 11.6 Å². The van der Waals surface area contributed by atoms with Crippen LogP contribution in [0.1, 0.15) is 17.3 Å². The van der Waals surface area contributed by atoms with Crippen LogP contribution in [0.4, 0.5) is 5.69 Å². The first-order chi connectivity index (χ1) is 13.6. The molecule has 0 saturated carbocycles. The topological polar surface area (TPSA) is 77.2 Å². The van der Waals surface area contributed by atoms with Crippen molar-refractivity contribution in [1.82, 2.24) is 9.97 Å². The lowest BCUT2D eigenvalue weighted by molar-refractivity contribution is 0.102. The van der Waals surface area contributed by atoms with Crippen molar-refractivity contribution in [3.05, 3.63) is 71.5 Å². The Morgan fingerprint density at radius 3 is 2.86 bits per heavy atom. The molecule has 0 fully saturated rings. The monoisotopic (exact) mass is 393 g/mol. The Morgan fingerprint density at radius 1 is 1.21 bits per heavy atom. The van der Waals surface area contributed by atoms with Crippen LogP contribution in [0.25, 0.3) is 22.6 Å². The molecule has 1 amide bonds. The highest BCUT2D eigenvalue weighted by molar-refractivity contribution is 6.32. The van der Waals surface area contributed by atoms with Crippen molar-refractivity contribution in [1.29, 1.82) is 0 Å². The standard InChI is InChI=1S/C21H16ClN3O3/c1-2-27-18-7-5-13(10-16(18)22)20(26)24-15-6-8-19-17(11-15)25-21(28-19)14-4-3-9-23-12-14/h3-12H,2H2,1H3,(H,24,26). The first-order valence-electron chi connectivity index (χ1n) is 8.68. The molecule has 0 unspecified atom stereocenters. The van der Waals surface area contributed by atoms with E-state index >= 15 is 0 Å². The number of halogens is 1. The van der Waals surface area contributed by atoms with Crippen LogP contribution in [0.3, 0.4) is 0 Å². The molecule has 0 aliphatic carbocycles. The molecule has 4 aromatic rings. The summed E-state index contributed by atoms with van der Waals surface area (Å²) in [6, 6.07) is 13.9. The highest BCUT2D eigenvalue weighted by atomic mass is 35.5. The second-order valence-corrected chi connectivity index (χ2v) is 6.38. The van der Waals surface area contributed by atoms with Crippen LogP contribution < -0.4 is 10.1 Å². The van der Waals surface area contributed by atoms with Crippen molar-refractivity contribution >= 4 is 34.3 Å². The Balaban J connectivity index is 1.56. The molecule has 28 heavy (non-hydrogen) atoms. The number of rotatable bonds is 5. The summed E-state index contributed by atoms with van der Waals surface area (Å²) in [6.45, 7) is 2.38. The number of carbonyl (C=O) groups excluding carboxylic acids is 1. The van der Waals surface area contributed by atoms with E-state index in [1.807, 2.05) is 19.1 Å². The van der Waals surface area contributed by atoms with E-state index in [0.29, 0.717) is 45.6 Å². The summed E-state index contributed by atoms with van der Waals surface area (Å²) >= 11 is 6.16. The molecule has 0 aliphatic heterocycles. The highest BCUT2D eigenvalue weighted by Gasteiger charge is 2.12. The Morgan fingerprint density at radius 2 is 2.11 bits per heavy atom. The third-order valence-corrected chi connectivity index (χ3v) is 4.34. The maximum Gasteiger partial charge on any atom is 0.255 e. The number of oxazole rings is 1. The molecule has 0 saturated heterocycles. The molecule has 6 nitrogen and oxygen atoms in total. The van der Waals surface area contributed by atoms with Crippen LogP contribution in [-0.4, -0.2) is 22.5 Å². The molecule has 0 radical (unpaired) electrons. The zero-order chi connectivity index (χ0) is 19.5. The minimum absolute atomic E-state index is 0.278. The number of benzene rings is 2. The van der Waals surface area contributed by atoms with Gasteiger partial charge in [0.2, 0.25) is 5.89 Å². The maximum absolute atomic E-state index is 12.5. The van der Waals surface area contributed by atoms with Gasteiger partial charge in [-0.05, 0) is 55.5 Å². The van der Waals surface area contributed by atoms with Gasteiger partial charge < -0.3 is 14.5 Å². The number of hydrogen-bond donors (Lipinski definition) is 1. The number of fused-ring (bicyclic) bond motifs is 1. The third-order valence-electron chi connectivity index (χ3n) is 4.05. The minimum atomic E-state index is -0.278. The van der Waals surface area contributed by atoms with Crippen molar-refractivity contribution in [2.45, 2.75) is 6.92 Å². The maximum atomic E-state index is 12.5. The van der Waals surface area contributed by atoms with Crippen molar-refractivity contribution in [3.63, 3.8) is 0 Å². The zero-order valence-corrected chi connectivity index (χ0v) is 15.7. The number of ether oxygens (including phenoxy) is 1. The second kappa shape index (κ2) is 7.70. The van der Waals surface area contributed by atoms with E-state index in [2.05, 4.69) is 15.3 Å². The van der Waals surface area contributed by atoms with Crippen molar-refractivity contribution < 1.29 is 13.9 Å². The van der Waals surface area contributed by atoms with Gasteiger partial charge in [-0.2, -0.15) is 0 Å². The van der Waals surface area contributed by atoms with E-state index in [1.54, 1.807) is 48.8 Å². The predicted molar refractivity (Wildman–Crippen MR) is 108 cm³/mol. The molecule has 2 aromatic heterocycles. The van der Waals surface area contributed by atoms with E-state index in [1.165, 1.54) is 0 Å². The second-order valence-electron chi connectivity index (χ2n) is 5.98. The van der Waals surface area contributed by atoms with Crippen LogP contribution in [0.2, 0.25) is 5.02 Å². The van der Waals surface area contributed by atoms with E-state index in [9.17, 15) is 4.79 Å². The summed E-state index contributed by atoms with van der Waals surface area (Å²) in [5, 5.41) is 3.24. The van der Waals surface area contributed by atoms with Gasteiger partial charge >= 0.3 is 0 Å². The molecule has 0 aliphatic rings. The quantitative estimate of drug-likeness (QED) is 0.504. The van der Waals surface area contributed by atoms with Gasteiger partial charge in [0.05, 0.1) is 17.2 Å². The van der Waals surface area contributed by atoms with Crippen molar-refractivity contribution in [3.8, 4) is 17.2 Å². The molecule has 2 aromatic carbocycles. The van der Waals surface area contributed by atoms with Crippen LogP contribution >= 0.6 is 11.6 Å². The van der Waals surface area contributed by atoms with E-state index in [4.69, 9.17) is 20.8 Å². The molecule has 140 valence electrons. The largest absolute Gasteiger partial charge is 0.492 e. The number of amides is 1. The molecule has 1 N–H and O–H groups in total. The van der Waals surface area contributed by atoms with Crippen LogP contribution in [-0.2, 0) is 0 Å². The number of aromatic nitrogens is 2. The van der Waals surface area contributed by atoms with E-state index in [0.717, 1.165) is 5.56 Å². The van der Waals surface area contributed by atoms with Crippen LogP contribution in [0, 0.1) is 0 Å². The average Bonchev–Trinajstić information content (AvgIpc) is 3.14. The van der Waals surface area contributed by atoms with Gasteiger partial charge in [-0.15, -0.1) is 0 Å². The van der Waals surface area contributed by atoms with Gasteiger partial charge in [0.15, 0.2) is 5.58 Å². The average molecular weight is 394 g/mol. The van der Waals surface area contributed by atoms with Gasteiger partial charge in [0.1, 0.15) is 11.3 Å². The number of pyridine rings is 1. The zero-order valence-electron chi connectivity index (χ0n) is 15.0. The van der Waals surface area contributed by atoms with E-state index < -0.39 is 0 Å². The van der Waals surface area contributed by atoms with Crippen LogP contribution in [0.15, 0.2) is 65.3 Å². The minimum Gasteiger partial charge on any atom is -0.492 e. The number of anilines is 1. The fourth-order valence-corrected chi connectivity index (χ4v) is 2.97. The Kier molecular flexibility index (Phi) is 4.95. The summed E-state index contributed by atoms with van der Waals surface area (Å²) in [5.74, 6) is 0.748. The molecule has 2 heterocycles. The molecule has 0 bridgehead atoms. The summed E-state index contributed by atoms with van der Waals surface area (Å²) in [4.78, 5) is 21.1.